The Kier molecular flexibility index (Phi) is 6.54. The van der Waals surface area contributed by atoms with Crippen molar-refractivity contribution in [3.05, 3.63) is 53.9 Å². The van der Waals surface area contributed by atoms with Crippen molar-refractivity contribution in [2.45, 2.75) is 31.1 Å². The summed E-state index contributed by atoms with van der Waals surface area (Å²) in [7, 11) is -1.74. The van der Waals surface area contributed by atoms with E-state index in [1.165, 1.54) is 10.4 Å². The Morgan fingerprint density at radius 1 is 1.14 bits per heavy atom. The molecule has 0 spiro atoms. The van der Waals surface area contributed by atoms with Crippen LogP contribution in [-0.2, 0) is 21.9 Å². The molecule has 29 heavy (non-hydrogen) atoms. The Bertz CT molecular complexity index is 972. The minimum atomic E-state index is -3.55. The summed E-state index contributed by atoms with van der Waals surface area (Å²) >= 11 is 0. The second-order valence-corrected chi connectivity index (χ2v) is 9.26. The zero-order chi connectivity index (χ0) is 21.0. The molecule has 1 fully saturated rings. The maximum absolute atomic E-state index is 12.9. The maximum atomic E-state index is 12.9. The maximum Gasteiger partial charge on any atom is 0.246 e. The summed E-state index contributed by atoms with van der Waals surface area (Å²) in [5, 5.41) is 4.06. The van der Waals surface area contributed by atoms with Gasteiger partial charge in [0.25, 0.3) is 0 Å². The molecule has 2 aromatic rings. The van der Waals surface area contributed by atoms with Gasteiger partial charge >= 0.3 is 0 Å². The van der Waals surface area contributed by atoms with Crippen LogP contribution in [0, 0.1) is 0 Å². The highest BCUT2D eigenvalue weighted by atomic mass is 32.2. The van der Waals surface area contributed by atoms with E-state index in [-0.39, 0.29) is 5.91 Å². The lowest BCUT2D eigenvalue weighted by atomic mass is 9.99. The summed E-state index contributed by atoms with van der Waals surface area (Å²) in [6, 6.07) is 8.98. The van der Waals surface area contributed by atoms with Crippen molar-refractivity contribution in [3.63, 3.8) is 0 Å². The largest absolute Gasteiger partial charge is 0.337 e. The molecule has 0 saturated carbocycles. The van der Waals surface area contributed by atoms with Crippen LogP contribution in [0.4, 0.5) is 0 Å². The molecule has 1 amide bonds. The Labute approximate surface area is 172 Å². The third kappa shape index (κ3) is 4.76. The molecule has 1 aromatic carbocycles. The number of rotatable bonds is 6. The second kappa shape index (κ2) is 8.92. The van der Waals surface area contributed by atoms with Crippen LogP contribution in [0.2, 0.25) is 0 Å². The minimum absolute atomic E-state index is 0.124. The fraction of sp³-hybridized carbons (Fsp3) is 0.429. The standard InChI is InChI=1S/C21H28N4O3S/c1-4-17(2)18-5-8-20(9-6-18)29(27,28)25-15-13-24(14-16-25)21(26)10-7-19-11-12-22-23(19)3/h5-12,17H,4,13-16H2,1-3H3/b10-7+/t17-/m0/s1. The summed E-state index contributed by atoms with van der Waals surface area (Å²) < 4.78 is 29.0. The van der Waals surface area contributed by atoms with E-state index in [1.54, 1.807) is 34.0 Å². The third-order valence-corrected chi connectivity index (χ3v) is 7.42. The highest BCUT2D eigenvalue weighted by Crippen LogP contribution is 2.23. The van der Waals surface area contributed by atoms with Crippen molar-refractivity contribution >= 4 is 22.0 Å². The topological polar surface area (TPSA) is 75.5 Å². The molecule has 2 heterocycles. The van der Waals surface area contributed by atoms with Crippen molar-refractivity contribution in [2.24, 2.45) is 7.05 Å². The van der Waals surface area contributed by atoms with Gasteiger partial charge in [-0.15, -0.1) is 0 Å². The summed E-state index contributed by atoms with van der Waals surface area (Å²) in [6.07, 6.45) is 5.91. The summed E-state index contributed by atoms with van der Waals surface area (Å²) in [6.45, 7) is 5.57. The number of hydrogen-bond acceptors (Lipinski definition) is 4. The van der Waals surface area contributed by atoms with Gasteiger partial charge in [0.1, 0.15) is 0 Å². The van der Waals surface area contributed by atoms with E-state index < -0.39 is 10.0 Å². The molecule has 1 saturated heterocycles. The van der Waals surface area contributed by atoms with Gasteiger partial charge in [0.05, 0.1) is 10.6 Å². The fourth-order valence-electron chi connectivity index (χ4n) is 3.31. The zero-order valence-electron chi connectivity index (χ0n) is 17.2. The van der Waals surface area contributed by atoms with Crippen LogP contribution in [0.25, 0.3) is 6.08 Å². The lowest BCUT2D eigenvalue weighted by Gasteiger charge is -2.33. The van der Waals surface area contributed by atoms with E-state index in [0.717, 1.165) is 17.7 Å². The molecule has 0 bridgehead atoms. The first-order valence-corrected chi connectivity index (χ1v) is 11.3. The van der Waals surface area contributed by atoms with Gasteiger partial charge in [0.2, 0.25) is 15.9 Å². The SMILES string of the molecule is CC[C@H](C)c1ccc(S(=O)(=O)N2CCN(C(=O)/C=C/c3ccnn3C)CC2)cc1. The van der Waals surface area contributed by atoms with Gasteiger partial charge in [0, 0.05) is 45.5 Å². The van der Waals surface area contributed by atoms with Crippen LogP contribution < -0.4 is 0 Å². The average Bonchev–Trinajstić information content (AvgIpc) is 3.16. The third-order valence-electron chi connectivity index (χ3n) is 5.51. The van der Waals surface area contributed by atoms with E-state index in [2.05, 4.69) is 18.9 Å². The molecule has 8 heteroatoms. The Balaban J connectivity index is 1.61. The summed E-state index contributed by atoms with van der Waals surface area (Å²) in [4.78, 5) is 14.4. The Morgan fingerprint density at radius 3 is 2.34 bits per heavy atom. The van der Waals surface area contributed by atoms with Crippen molar-refractivity contribution in [1.82, 2.24) is 19.0 Å². The molecule has 3 rings (SSSR count). The van der Waals surface area contributed by atoms with E-state index in [4.69, 9.17) is 0 Å². The van der Waals surface area contributed by atoms with Crippen molar-refractivity contribution in [2.75, 3.05) is 26.2 Å². The Hall–Kier alpha value is -2.45. The van der Waals surface area contributed by atoms with Crippen molar-refractivity contribution in [1.29, 1.82) is 0 Å². The number of hydrogen-bond donors (Lipinski definition) is 0. The number of carbonyl (C=O) groups is 1. The smallest absolute Gasteiger partial charge is 0.246 e. The quantitative estimate of drug-likeness (QED) is 0.678. The van der Waals surface area contributed by atoms with Crippen LogP contribution >= 0.6 is 0 Å². The monoisotopic (exact) mass is 416 g/mol. The van der Waals surface area contributed by atoms with E-state index >= 15 is 0 Å². The van der Waals surface area contributed by atoms with Gasteiger partial charge in [-0.25, -0.2) is 8.42 Å². The molecular formula is C21H28N4O3S. The second-order valence-electron chi connectivity index (χ2n) is 7.32. The molecular weight excluding hydrogens is 388 g/mol. The first kappa shape index (κ1) is 21.3. The number of amides is 1. The molecule has 0 N–H and O–H groups in total. The van der Waals surface area contributed by atoms with Gasteiger partial charge in [-0.2, -0.15) is 9.40 Å². The number of nitrogens with zero attached hydrogens (tertiary/aromatic N) is 4. The lowest BCUT2D eigenvalue weighted by Crippen LogP contribution is -2.50. The van der Waals surface area contributed by atoms with Gasteiger partial charge in [0.15, 0.2) is 0 Å². The normalized spacial score (nSPS) is 17.0. The van der Waals surface area contributed by atoms with E-state index in [9.17, 15) is 13.2 Å². The molecule has 0 aliphatic carbocycles. The zero-order valence-corrected chi connectivity index (χ0v) is 18.0. The highest BCUT2D eigenvalue weighted by molar-refractivity contribution is 7.89. The molecule has 1 aliphatic rings. The predicted molar refractivity (Wildman–Crippen MR) is 113 cm³/mol. The summed E-state index contributed by atoms with van der Waals surface area (Å²) in [5.41, 5.74) is 1.97. The van der Waals surface area contributed by atoms with Crippen LogP contribution in [0.15, 0.2) is 47.5 Å². The van der Waals surface area contributed by atoms with E-state index in [0.29, 0.717) is 37.0 Å². The average molecular weight is 417 g/mol. The van der Waals surface area contributed by atoms with Crippen molar-refractivity contribution < 1.29 is 13.2 Å². The van der Waals surface area contributed by atoms with Crippen LogP contribution in [0.5, 0.6) is 0 Å². The number of sulfonamides is 1. The highest BCUT2D eigenvalue weighted by Gasteiger charge is 2.29. The van der Waals surface area contributed by atoms with Gasteiger partial charge in [-0.3, -0.25) is 9.48 Å². The number of aryl methyl sites for hydroxylation is 1. The number of aromatic nitrogens is 2. The van der Waals surface area contributed by atoms with Gasteiger partial charge in [-0.1, -0.05) is 26.0 Å². The molecule has 1 aliphatic heterocycles. The first-order valence-electron chi connectivity index (χ1n) is 9.88. The molecule has 1 aromatic heterocycles. The fourth-order valence-corrected chi connectivity index (χ4v) is 4.73. The molecule has 156 valence electrons. The first-order chi connectivity index (χ1) is 13.8. The summed E-state index contributed by atoms with van der Waals surface area (Å²) in [5.74, 6) is 0.280. The van der Waals surface area contributed by atoms with Crippen LogP contribution in [0.1, 0.15) is 37.4 Å². The van der Waals surface area contributed by atoms with Gasteiger partial charge in [-0.05, 0) is 42.2 Å². The number of piperazine rings is 1. The minimum Gasteiger partial charge on any atom is -0.337 e. The molecule has 1 atom stereocenters. The molecule has 7 nitrogen and oxygen atoms in total. The van der Waals surface area contributed by atoms with Crippen LogP contribution in [-0.4, -0.2) is 59.5 Å². The Morgan fingerprint density at radius 2 is 1.79 bits per heavy atom. The number of benzene rings is 1. The van der Waals surface area contributed by atoms with E-state index in [1.807, 2.05) is 25.2 Å². The van der Waals surface area contributed by atoms with Crippen molar-refractivity contribution in [3.8, 4) is 0 Å². The van der Waals surface area contributed by atoms with Crippen LogP contribution in [0.3, 0.4) is 0 Å². The molecule has 0 unspecified atom stereocenters. The molecule has 0 radical (unpaired) electrons. The van der Waals surface area contributed by atoms with Gasteiger partial charge < -0.3 is 4.90 Å². The predicted octanol–water partition coefficient (Wildman–Crippen LogP) is 2.48. The number of carbonyl (C=O) groups excluding carboxylic acids is 1. The lowest BCUT2D eigenvalue weighted by molar-refractivity contribution is -0.127.